The lowest BCUT2D eigenvalue weighted by atomic mass is 10.0. The second-order valence-electron chi connectivity index (χ2n) is 13.9. The van der Waals surface area contributed by atoms with Crippen molar-refractivity contribution in [3.63, 3.8) is 0 Å². The number of unbranched alkanes of at least 4 members (excludes halogenated alkanes) is 20. The Morgan fingerprint density at radius 1 is 0.577 bits per heavy atom. The van der Waals surface area contributed by atoms with Crippen LogP contribution >= 0.6 is 7.82 Å². The van der Waals surface area contributed by atoms with Gasteiger partial charge in [0.05, 0.1) is 13.2 Å². The maximum atomic E-state index is 12.6. The van der Waals surface area contributed by atoms with E-state index < -0.39 is 26.5 Å². The summed E-state index contributed by atoms with van der Waals surface area (Å²) in [4.78, 5) is 34.8. The molecule has 0 fully saturated rings. The van der Waals surface area contributed by atoms with E-state index in [0.29, 0.717) is 6.42 Å². The maximum absolute atomic E-state index is 12.6. The van der Waals surface area contributed by atoms with Gasteiger partial charge >= 0.3 is 19.8 Å². The van der Waals surface area contributed by atoms with E-state index in [2.05, 4.69) is 50.3 Å². The lowest BCUT2D eigenvalue weighted by Crippen LogP contribution is -2.29. The van der Waals surface area contributed by atoms with E-state index in [9.17, 15) is 19.0 Å². The molecule has 3 N–H and O–H groups in total. The largest absolute Gasteiger partial charge is 0.472 e. The molecule has 9 nitrogen and oxygen atoms in total. The number of rotatable bonds is 39. The third-order valence-electron chi connectivity index (χ3n) is 8.78. The average Bonchev–Trinajstić information content (AvgIpc) is 3.13. The summed E-state index contributed by atoms with van der Waals surface area (Å²) in [5.41, 5.74) is 5.34. The Morgan fingerprint density at radius 2 is 1.00 bits per heavy atom. The summed E-state index contributed by atoms with van der Waals surface area (Å²) < 4.78 is 32.7. The first-order valence-corrected chi connectivity index (χ1v) is 22.5. The monoisotopic (exact) mass is 756 g/mol. The molecule has 0 bridgehead atoms. The molecule has 0 aromatic carbocycles. The third-order valence-corrected chi connectivity index (χ3v) is 9.76. The molecular formula is C42H78NO8P. The minimum Gasteiger partial charge on any atom is -0.462 e. The van der Waals surface area contributed by atoms with E-state index in [1.807, 2.05) is 0 Å². The van der Waals surface area contributed by atoms with Gasteiger partial charge in [0.25, 0.3) is 0 Å². The molecule has 1 unspecified atom stereocenters. The van der Waals surface area contributed by atoms with Crippen LogP contribution in [0.5, 0.6) is 0 Å². The van der Waals surface area contributed by atoms with Gasteiger partial charge in [-0.1, -0.05) is 159 Å². The van der Waals surface area contributed by atoms with Gasteiger partial charge in [-0.25, -0.2) is 4.57 Å². The van der Waals surface area contributed by atoms with Crippen molar-refractivity contribution in [2.45, 2.75) is 193 Å². The summed E-state index contributed by atoms with van der Waals surface area (Å²) in [6, 6.07) is 0. The Kier molecular flexibility index (Phi) is 37.6. The van der Waals surface area contributed by atoms with Crippen LogP contribution in [0.4, 0.5) is 0 Å². The minimum absolute atomic E-state index is 0.0498. The molecule has 52 heavy (non-hydrogen) atoms. The summed E-state index contributed by atoms with van der Waals surface area (Å²) in [5.74, 6) is -0.850. The number of carbonyl (C=O) groups excluding carboxylic acids is 2. The van der Waals surface area contributed by atoms with E-state index in [4.69, 9.17) is 24.3 Å². The average molecular weight is 756 g/mol. The molecule has 0 saturated heterocycles. The van der Waals surface area contributed by atoms with Crippen LogP contribution in [0.15, 0.2) is 36.5 Å². The van der Waals surface area contributed by atoms with E-state index >= 15 is 0 Å². The number of ether oxygens (including phenoxy) is 2. The molecule has 0 aliphatic rings. The van der Waals surface area contributed by atoms with Gasteiger partial charge in [0.1, 0.15) is 6.61 Å². The standard InChI is InChI=1S/C42H78NO8P/c1-3-5-7-9-11-13-15-17-19-20-21-23-25-27-29-31-33-35-42(45)51-40(39-50-52(46,47)49-37-36-43)38-48-41(44)34-32-30-28-26-24-22-18-16-14-12-10-8-6-4-2/h11,13,17,19,21,23,40H,3-10,12,14-16,18,20,22,24-39,43H2,1-2H3,(H,46,47)/b13-11-,19-17-,23-21-/t40-/m1/s1. The number of nitrogens with two attached hydrogens (primary N) is 1. The summed E-state index contributed by atoms with van der Waals surface area (Å²) in [7, 11) is -4.38. The first-order valence-electron chi connectivity index (χ1n) is 21.0. The molecule has 0 radical (unpaired) electrons. The first-order chi connectivity index (χ1) is 25.3. The van der Waals surface area contributed by atoms with Crippen LogP contribution < -0.4 is 5.73 Å². The molecule has 2 atom stereocenters. The van der Waals surface area contributed by atoms with Crippen LogP contribution in [0.1, 0.15) is 187 Å². The molecule has 0 aliphatic heterocycles. The van der Waals surface area contributed by atoms with Gasteiger partial charge in [-0.15, -0.1) is 0 Å². The fourth-order valence-electron chi connectivity index (χ4n) is 5.64. The number of carbonyl (C=O) groups is 2. The zero-order valence-corrected chi connectivity index (χ0v) is 34.2. The Hall–Kier alpha value is -1.77. The van der Waals surface area contributed by atoms with Gasteiger partial charge in [-0.3, -0.25) is 18.6 Å². The highest BCUT2D eigenvalue weighted by Gasteiger charge is 2.26. The molecule has 0 rings (SSSR count). The van der Waals surface area contributed by atoms with Gasteiger partial charge in [0.15, 0.2) is 6.10 Å². The van der Waals surface area contributed by atoms with Gasteiger partial charge in [0.2, 0.25) is 0 Å². The normalized spacial score (nSPS) is 13.7. The molecule has 0 aromatic rings. The molecule has 0 saturated carbocycles. The summed E-state index contributed by atoms with van der Waals surface area (Å²) in [6.45, 7) is 3.68. The quantitative estimate of drug-likeness (QED) is 0.0272. The summed E-state index contributed by atoms with van der Waals surface area (Å²) in [5, 5.41) is 0. The molecule has 0 amide bonds. The van der Waals surface area contributed by atoms with Crippen molar-refractivity contribution in [1.29, 1.82) is 0 Å². The van der Waals surface area contributed by atoms with Gasteiger partial charge in [-0.2, -0.15) is 0 Å². The maximum Gasteiger partial charge on any atom is 0.472 e. The molecule has 304 valence electrons. The number of esters is 2. The lowest BCUT2D eigenvalue weighted by Gasteiger charge is -2.19. The van der Waals surface area contributed by atoms with Crippen LogP contribution in [0, 0.1) is 0 Å². The second kappa shape index (κ2) is 38.9. The topological polar surface area (TPSA) is 134 Å². The van der Waals surface area contributed by atoms with Gasteiger partial charge < -0.3 is 20.1 Å². The zero-order chi connectivity index (χ0) is 38.2. The molecule has 0 aliphatic carbocycles. The second-order valence-corrected chi connectivity index (χ2v) is 15.3. The molecular weight excluding hydrogens is 677 g/mol. The van der Waals surface area contributed by atoms with E-state index in [0.717, 1.165) is 57.8 Å². The Balaban J connectivity index is 4.21. The number of phosphoric acid groups is 1. The predicted octanol–water partition coefficient (Wildman–Crippen LogP) is 11.8. The number of hydrogen-bond donors (Lipinski definition) is 2. The fraction of sp³-hybridized carbons (Fsp3) is 0.810. The van der Waals surface area contributed by atoms with Crippen LogP contribution in [-0.2, 0) is 32.7 Å². The Bertz CT molecular complexity index is 954. The number of allylic oxidation sites excluding steroid dienone is 6. The molecule has 0 aromatic heterocycles. The van der Waals surface area contributed by atoms with Gasteiger partial charge in [-0.05, 0) is 51.4 Å². The highest BCUT2D eigenvalue weighted by Crippen LogP contribution is 2.43. The summed E-state index contributed by atoms with van der Waals surface area (Å²) in [6.07, 6.45) is 41.7. The SMILES string of the molecule is CCCCC/C=C\C/C=C\C/C=C\CCCCCCC(=O)O[C@H](COC(=O)CCCCCCCCCCCCCCCC)COP(=O)(O)OCCN. The van der Waals surface area contributed by atoms with Crippen LogP contribution in [0.25, 0.3) is 0 Å². The van der Waals surface area contributed by atoms with Gasteiger partial charge in [0, 0.05) is 19.4 Å². The highest BCUT2D eigenvalue weighted by atomic mass is 31.2. The Labute approximate surface area is 318 Å². The van der Waals surface area contributed by atoms with Crippen molar-refractivity contribution in [3.05, 3.63) is 36.5 Å². The number of hydrogen-bond acceptors (Lipinski definition) is 8. The van der Waals surface area contributed by atoms with Crippen molar-refractivity contribution in [3.8, 4) is 0 Å². The van der Waals surface area contributed by atoms with Crippen molar-refractivity contribution >= 4 is 19.8 Å². The van der Waals surface area contributed by atoms with E-state index in [1.165, 1.54) is 96.3 Å². The van der Waals surface area contributed by atoms with E-state index in [-0.39, 0.29) is 38.6 Å². The van der Waals surface area contributed by atoms with Crippen molar-refractivity contribution < 1.29 is 37.6 Å². The predicted molar refractivity (Wildman–Crippen MR) is 215 cm³/mol. The fourth-order valence-corrected chi connectivity index (χ4v) is 6.41. The smallest absolute Gasteiger partial charge is 0.462 e. The molecule has 0 spiro atoms. The summed E-state index contributed by atoms with van der Waals surface area (Å²) >= 11 is 0. The zero-order valence-electron chi connectivity index (χ0n) is 33.3. The first kappa shape index (κ1) is 50.2. The van der Waals surface area contributed by atoms with E-state index in [1.54, 1.807) is 0 Å². The van der Waals surface area contributed by atoms with Crippen molar-refractivity contribution in [2.24, 2.45) is 5.73 Å². The molecule has 10 heteroatoms. The van der Waals surface area contributed by atoms with Crippen molar-refractivity contribution in [1.82, 2.24) is 0 Å². The number of phosphoric ester groups is 1. The van der Waals surface area contributed by atoms with Crippen LogP contribution in [0.3, 0.4) is 0 Å². The highest BCUT2D eigenvalue weighted by molar-refractivity contribution is 7.47. The van der Waals surface area contributed by atoms with Crippen LogP contribution in [-0.4, -0.2) is 49.3 Å². The third kappa shape index (κ3) is 38.0. The van der Waals surface area contributed by atoms with Crippen molar-refractivity contribution in [2.75, 3.05) is 26.4 Å². The Morgan fingerprint density at radius 3 is 1.52 bits per heavy atom. The lowest BCUT2D eigenvalue weighted by molar-refractivity contribution is -0.161. The van der Waals surface area contributed by atoms with Crippen LogP contribution in [0.2, 0.25) is 0 Å². The minimum atomic E-state index is -4.38. The molecule has 0 heterocycles.